The normalized spacial score (nSPS) is 14.3. The topological polar surface area (TPSA) is 73.1 Å². The van der Waals surface area contributed by atoms with Crippen LogP contribution in [0.15, 0.2) is 65.1 Å². The molecule has 0 aliphatic carbocycles. The van der Waals surface area contributed by atoms with Crippen LogP contribution in [0.3, 0.4) is 0 Å². The summed E-state index contributed by atoms with van der Waals surface area (Å²) in [4.78, 5) is 19.4. The van der Waals surface area contributed by atoms with Crippen LogP contribution in [0.5, 0.6) is 5.75 Å². The van der Waals surface area contributed by atoms with Crippen molar-refractivity contribution >= 4 is 29.0 Å². The van der Waals surface area contributed by atoms with Crippen LogP contribution in [0.4, 0.5) is 0 Å². The molecule has 0 radical (unpaired) electrons. The quantitative estimate of drug-likeness (QED) is 0.306. The number of thiazole rings is 1. The van der Waals surface area contributed by atoms with Gasteiger partial charge >= 0.3 is 0 Å². The second-order valence-electron chi connectivity index (χ2n) is 8.60. The molecule has 7 nitrogen and oxygen atoms in total. The van der Waals surface area contributed by atoms with Crippen LogP contribution in [0.2, 0.25) is 0 Å². The van der Waals surface area contributed by atoms with E-state index in [4.69, 9.17) is 4.74 Å². The SMILES string of the molecule is COc1cccc(-c2nnc(SCc3nc(C(=O)N4CCC(C)CC4)cs3)n2-c2ccccc2)c1. The Morgan fingerprint density at radius 1 is 1.11 bits per heavy atom. The van der Waals surface area contributed by atoms with Crippen LogP contribution in [0.1, 0.15) is 35.3 Å². The Morgan fingerprint density at radius 3 is 2.69 bits per heavy atom. The average molecular weight is 506 g/mol. The molecule has 35 heavy (non-hydrogen) atoms. The molecule has 9 heteroatoms. The second-order valence-corrected chi connectivity index (χ2v) is 10.5. The molecule has 0 bridgehead atoms. The van der Waals surface area contributed by atoms with E-state index in [1.165, 1.54) is 11.3 Å². The number of carbonyl (C=O) groups is 1. The molecule has 1 aliphatic rings. The van der Waals surface area contributed by atoms with E-state index in [-0.39, 0.29) is 5.91 Å². The first-order valence-corrected chi connectivity index (χ1v) is 13.5. The van der Waals surface area contributed by atoms with Crippen LogP contribution in [-0.4, -0.2) is 50.8 Å². The molecule has 0 unspecified atom stereocenters. The van der Waals surface area contributed by atoms with Gasteiger partial charge in [-0.1, -0.05) is 49.0 Å². The third kappa shape index (κ3) is 5.26. The number of benzene rings is 2. The fourth-order valence-corrected chi connectivity index (χ4v) is 5.84. The maximum atomic E-state index is 12.9. The van der Waals surface area contributed by atoms with Crippen LogP contribution in [0.25, 0.3) is 17.1 Å². The average Bonchev–Trinajstić information content (AvgIpc) is 3.55. The number of nitrogens with zero attached hydrogens (tertiary/aromatic N) is 5. The molecule has 1 saturated heterocycles. The number of para-hydroxylation sites is 1. The lowest BCUT2D eigenvalue weighted by atomic mass is 9.99. The van der Waals surface area contributed by atoms with Gasteiger partial charge in [-0.15, -0.1) is 21.5 Å². The second kappa shape index (κ2) is 10.6. The molecule has 5 rings (SSSR count). The summed E-state index contributed by atoms with van der Waals surface area (Å²) in [5, 5.41) is 12.5. The molecule has 1 aliphatic heterocycles. The molecule has 0 atom stereocenters. The van der Waals surface area contributed by atoms with Crippen LogP contribution in [-0.2, 0) is 5.75 Å². The lowest BCUT2D eigenvalue weighted by molar-refractivity contribution is 0.0692. The van der Waals surface area contributed by atoms with E-state index in [9.17, 15) is 4.79 Å². The number of aromatic nitrogens is 4. The first-order valence-electron chi connectivity index (χ1n) is 11.6. The first kappa shape index (κ1) is 23.6. The molecule has 2 aromatic carbocycles. The van der Waals surface area contributed by atoms with Crippen LogP contribution < -0.4 is 4.74 Å². The Bertz CT molecular complexity index is 1300. The van der Waals surface area contributed by atoms with Crippen molar-refractivity contribution in [3.63, 3.8) is 0 Å². The van der Waals surface area contributed by atoms with E-state index >= 15 is 0 Å². The van der Waals surface area contributed by atoms with Gasteiger partial charge in [-0.3, -0.25) is 9.36 Å². The summed E-state index contributed by atoms with van der Waals surface area (Å²) >= 11 is 3.08. The molecular weight excluding hydrogens is 478 g/mol. The highest BCUT2D eigenvalue weighted by atomic mass is 32.2. The number of hydrogen-bond donors (Lipinski definition) is 0. The maximum Gasteiger partial charge on any atom is 0.273 e. The number of likely N-dealkylation sites (tertiary alicyclic amines) is 1. The summed E-state index contributed by atoms with van der Waals surface area (Å²) in [6, 6.07) is 17.9. The summed E-state index contributed by atoms with van der Waals surface area (Å²) in [7, 11) is 1.65. The lowest BCUT2D eigenvalue weighted by Crippen LogP contribution is -2.38. The third-order valence-electron chi connectivity index (χ3n) is 6.14. The molecule has 0 spiro atoms. The molecule has 0 N–H and O–H groups in total. The summed E-state index contributed by atoms with van der Waals surface area (Å²) in [5.41, 5.74) is 2.44. The Hall–Kier alpha value is -3.17. The number of piperidine rings is 1. The smallest absolute Gasteiger partial charge is 0.273 e. The number of thioether (sulfide) groups is 1. The number of hydrogen-bond acceptors (Lipinski definition) is 7. The van der Waals surface area contributed by atoms with Crippen LogP contribution >= 0.6 is 23.1 Å². The van der Waals surface area contributed by atoms with Crippen molar-refractivity contribution in [2.24, 2.45) is 5.92 Å². The number of ether oxygens (including phenoxy) is 1. The molecule has 180 valence electrons. The van der Waals surface area contributed by atoms with Crippen molar-refractivity contribution in [3.05, 3.63) is 70.7 Å². The molecule has 4 aromatic rings. The predicted molar refractivity (Wildman–Crippen MR) is 139 cm³/mol. The summed E-state index contributed by atoms with van der Waals surface area (Å²) in [6.07, 6.45) is 2.12. The minimum atomic E-state index is 0.0390. The van der Waals surface area contributed by atoms with Crippen molar-refractivity contribution in [1.29, 1.82) is 0 Å². The zero-order chi connectivity index (χ0) is 24.2. The number of carbonyl (C=O) groups excluding carboxylic acids is 1. The summed E-state index contributed by atoms with van der Waals surface area (Å²) in [5.74, 6) is 2.84. The van der Waals surface area contributed by atoms with Crippen molar-refractivity contribution in [2.75, 3.05) is 20.2 Å². The highest BCUT2D eigenvalue weighted by Gasteiger charge is 2.23. The summed E-state index contributed by atoms with van der Waals surface area (Å²) in [6.45, 7) is 3.87. The van der Waals surface area contributed by atoms with Gasteiger partial charge in [0.15, 0.2) is 11.0 Å². The molecule has 1 fully saturated rings. The standard InChI is InChI=1S/C26H27N5O2S2/c1-18-11-13-30(14-12-18)25(32)22-16-34-23(27-22)17-35-26-29-28-24(19-7-6-10-21(15-19)33-2)31(26)20-8-4-3-5-9-20/h3-10,15-16,18H,11-14,17H2,1-2H3. The van der Waals surface area contributed by atoms with Gasteiger partial charge in [0.25, 0.3) is 5.91 Å². The lowest BCUT2D eigenvalue weighted by Gasteiger charge is -2.29. The number of amides is 1. The number of methoxy groups -OCH3 is 1. The van der Waals surface area contributed by atoms with Gasteiger partial charge in [-0.2, -0.15) is 0 Å². The number of rotatable bonds is 7. The monoisotopic (exact) mass is 505 g/mol. The van der Waals surface area contributed by atoms with Gasteiger partial charge in [0.1, 0.15) is 16.5 Å². The van der Waals surface area contributed by atoms with Gasteiger partial charge in [0, 0.05) is 29.7 Å². The summed E-state index contributed by atoms with van der Waals surface area (Å²) < 4.78 is 7.45. The zero-order valence-corrected chi connectivity index (χ0v) is 21.4. The Labute approximate surface area is 213 Å². The molecular formula is C26H27N5O2S2. The molecule has 1 amide bonds. The molecule has 3 heterocycles. The minimum Gasteiger partial charge on any atom is -0.497 e. The third-order valence-corrected chi connectivity index (χ3v) is 8.11. The van der Waals surface area contributed by atoms with E-state index in [0.717, 1.165) is 58.9 Å². The van der Waals surface area contributed by atoms with Gasteiger partial charge in [-0.25, -0.2) is 4.98 Å². The highest BCUT2D eigenvalue weighted by molar-refractivity contribution is 7.98. The first-order chi connectivity index (χ1) is 17.1. The van der Waals surface area contributed by atoms with Crippen molar-refractivity contribution in [2.45, 2.75) is 30.7 Å². The van der Waals surface area contributed by atoms with E-state index in [0.29, 0.717) is 17.4 Å². The minimum absolute atomic E-state index is 0.0390. The Kier molecular flexibility index (Phi) is 7.15. The fourth-order valence-electron chi connectivity index (χ4n) is 4.10. The maximum absolute atomic E-state index is 12.9. The van der Waals surface area contributed by atoms with E-state index in [1.54, 1.807) is 18.9 Å². The molecule has 0 saturated carbocycles. The van der Waals surface area contributed by atoms with Crippen molar-refractivity contribution in [3.8, 4) is 22.8 Å². The van der Waals surface area contributed by atoms with Gasteiger partial charge in [-0.05, 0) is 43.0 Å². The zero-order valence-electron chi connectivity index (χ0n) is 19.8. The van der Waals surface area contributed by atoms with Gasteiger partial charge < -0.3 is 9.64 Å². The van der Waals surface area contributed by atoms with Crippen molar-refractivity contribution in [1.82, 2.24) is 24.6 Å². The Morgan fingerprint density at radius 2 is 1.91 bits per heavy atom. The van der Waals surface area contributed by atoms with Crippen molar-refractivity contribution < 1.29 is 9.53 Å². The highest BCUT2D eigenvalue weighted by Crippen LogP contribution is 2.31. The Balaban J connectivity index is 1.36. The predicted octanol–water partition coefficient (Wildman–Crippen LogP) is 5.56. The van der Waals surface area contributed by atoms with Gasteiger partial charge in [0.05, 0.1) is 12.9 Å². The van der Waals surface area contributed by atoms with E-state index < -0.39 is 0 Å². The largest absolute Gasteiger partial charge is 0.497 e. The van der Waals surface area contributed by atoms with E-state index in [2.05, 4.69) is 22.1 Å². The fraction of sp³-hybridized carbons (Fsp3) is 0.308. The molecule has 2 aromatic heterocycles. The van der Waals surface area contributed by atoms with Crippen LogP contribution in [0, 0.1) is 5.92 Å². The van der Waals surface area contributed by atoms with Gasteiger partial charge in [0.2, 0.25) is 0 Å². The van der Waals surface area contributed by atoms with E-state index in [1.807, 2.05) is 69.4 Å².